The largest absolute Gasteiger partial charge is 0.380 e. The van der Waals surface area contributed by atoms with E-state index < -0.39 is 0 Å². The molecular formula is C19H29N3O2. The third kappa shape index (κ3) is 4.20. The average molecular weight is 331 g/mol. The highest BCUT2D eigenvalue weighted by Gasteiger charge is 2.24. The highest BCUT2D eigenvalue weighted by Crippen LogP contribution is 2.28. The maximum atomic E-state index is 12.7. The van der Waals surface area contributed by atoms with Crippen molar-refractivity contribution in [1.82, 2.24) is 4.90 Å². The van der Waals surface area contributed by atoms with Crippen LogP contribution in [0.4, 0.5) is 16.2 Å². The third-order valence-electron chi connectivity index (χ3n) is 5.09. The van der Waals surface area contributed by atoms with Gasteiger partial charge in [-0.25, -0.2) is 4.79 Å². The van der Waals surface area contributed by atoms with Crippen LogP contribution in [-0.4, -0.2) is 50.3 Å². The number of anilines is 2. The fraction of sp³-hybridized carbons (Fsp3) is 0.632. The first-order valence-electron chi connectivity index (χ1n) is 9.20. The van der Waals surface area contributed by atoms with Gasteiger partial charge in [0, 0.05) is 33.3 Å². The summed E-state index contributed by atoms with van der Waals surface area (Å²) in [7, 11) is 1.72. The monoisotopic (exact) mass is 331 g/mol. The van der Waals surface area contributed by atoms with Crippen LogP contribution in [0.3, 0.4) is 0 Å². The first-order chi connectivity index (χ1) is 11.8. The molecule has 1 atom stereocenters. The van der Waals surface area contributed by atoms with Crippen LogP contribution >= 0.6 is 0 Å². The molecule has 2 heterocycles. The minimum atomic E-state index is -0.0148. The molecule has 2 amide bonds. The highest BCUT2D eigenvalue weighted by atomic mass is 16.5. The summed E-state index contributed by atoms with van der Waals surface area (Å²) in [5.41, 5.74) is 2.07. The second kappa shape index (κ2) is 8.38. The number of ether oxygens (including phenoxy) is 1. The van der Waals surface area contributed by atoms with E-state index in [1.54, 1.807) is 7.11 Å². The molecule has 0 aromatic heterocycles. The normalized spacial score (nSPS) is 22.1. The van der Waals surface area contributed by atoms with Crippen LogP contribution in [0.5, 0.6) is 0 Å². The Balaban J connectivity index is 1.69. The van der Waals surface area contributed by atoms with E-state index in [4.69, 9.17) is 4.74 Å². The van der Waals surface area contributed by atoms with Gasteiger partial charge in [0.05, 0.1) is 17.5 Å². The number of hydrogen-bond acceptors (Lipinski definition) is 3. The number of carbonyl (C=O) groups is 1. The summed E-state index contributed by atoms with van der Waals surface area (Å²) >= 11 is 0. The number of carbonyl (C=O) groups excluding carboxylic acids is 1. The molecule has 5 heteroatoms. The maximum Gasteiger partial charge on any atom is 0.321 e. The summed E-state index contributed by atoms with van der Waals surface area (Å²) in [4.78, 5) is 17.0. The summed E-state index contributed by atoms with van der Waals surface area (Å²) in [5, 5.41) is 3.13. The Kier molecular flexibility index (Phi) is 5.96. The van der Waals surface area contributed by atoms with Crippen LogP contribution in [0.25, 0.3) is 0 Å². The van der Waals surface area contributed by atoms with E-state index in [-0.39, 0.29) is 12.1 Å². The van der Waals surface area contributed by atoms with Crippen molar-refractivity contribution in [2.75, 3.05) is 43.5 Å². The first kappa shape index (κ1) is 17.1. The lowest BCUT2D eigenvalue weighted by Gasteiger charge is -2.32. The molecule has 0 bridgehead atoms. The third-order valence-corrected chi connectivity index (χ3v) is 5.09. The number of piperidine rings is 1. The number of benzene rings is 1. The Hall–Kier alpha value is -1.75. The van der Waals surface area contributed by atoms with Crippen molar-refractivity contribution in [3.8, 4) is 0 Å². The van der Waals surface area contributed by atoms with E-state index in [1.165, 1.54) is 25.7 Å². The predicted octanol–water partition coefficient (Wildman–Crippen LogP) is 3.71. The molecule has 3 rings (SSSR count). The minimum Gasteiger partial charge on any atom is -0.380 e. The van der Waals surface area contributed by atoms with Crippen molar-refractivity contribution in [3.05, 3.63) is 24.3 Å². The van der Waals surface area contributed by atoms with Gasteiger partial charge in [0.2, 0.25) is 0 Å². The van der Waals surface area contributed by atoms with Crippen LogP contribution in [-0.2, 0) is 4.74 Å². The van der Waals surface area contributed by atoms with E-state index in [1.807, 2.05) is 17.0 Å². The number of para-hydroxylation sites is 2. The van der Waals surface area contributed by atoms with E-state index in [9.17, 15) is 4.79 Å². The Morgan fingerprint density at radius 2 is 1.83 bits per heavy atom. The molecule has 1 unspecified atom stereocenters. The lowest BCUT2D eigenvalue weighted by atomic mass is 10.1. The molecule has 0 radical (unpaired) electrons. The van der Waals surface area contributed by atoms with Crippen molar-refractivity contribution < 1.29 is 9.53 Å². The highest BCUT2D eigenvalue weighted by molar-refractivity contribution is 5.93. The van der Waals surface area contributed by atoms with Gasteiger partial charge in [0.15, 0.2) is 0 Å². The number of urea groups is 1. The van der Waals surface area contributed by atoms with Crippen LogP contribution in [0.15, 0.2) is 24.3 Å². The van der Waals surface area contributed by atoms with E-state index in [2.05, 4.69) is 22.3 Å². The van der Waals surface area contributed by atoms with Crippen LogP contribution in [0, 0.1) is 0 Å². The maximum absolute atomic E-state index is 12.7. The van der Waals surface area contributed by atoms with Crippen molar-refractivity contribution >= 4 is 17.4 Å². The van der Waals surface area contributed by atoms with E-state index in [0.717, 1.165) is 43.9 Å². The Morgan fingerprint density at radius 3 is 2.58 bits per heavy atom. The molecule has 1 aromatic rings. The molecule has 0 spiro atoms. The second-order valence-corrected chi connectivity index (χ2v) is 6.79. The van der Waals surface area contributed by atoms with Gasteiger partial charge in [0.1, 0.15) is 0 Å². The number of nitrogens with one attached hydrogen (secondary N) is 1. The quantitative estimate of drug-likeness (QED) is 0.918. The zero-order valence-corrected chi connectivity index (χ0v) is 14.7. The van der Waals surface area contributed by atoms with Gasteiger partial charge in [0.25, 0.3) is 0 Å². The zero-order valence-electron chi connectivity index (χ0n) is 14.7. The lowest BCUT2D eigenvalue weighted by Crippen LogP contribution is -2.45. The van der Waals surface area contributed by atoms with Gasteiger partial charge < -0.3 is 19.9 Å². The number of rotatable bonds is 3. The summed E-state index contributed by atoms with van der Waals surface area (Å²) in [6.45, 7) is 3.62. The molecule has 1 N–H and O–H groups in total. The predicted molar refractivity (Wildman–Crippen MR) is 97.7 cm³/mol. The van der Waals surface area contributed by atoms with Gasteiger partial charge >= 0.3 is 6.03 Å². The zero-order chi connectivity index (χ0) is 16.8. The van der Waals surface area contributed by atoms with Crippen molar-refractivity contribution in [2.24, 2.45) is 0 Å². The van der Waals surface area contributed by atoms with Crippen LogP contribution in [0.1, 0.15) is 38.5 Å². The van der Waals surface area contributed by atoms with Gasteiger partial charge in [-0.1, -0.05) is 25.0 Å². The van der Waals surface area contributed by atoms with Gasteiger partial charge in [-0.05, 0) is 37.8 Å². The summed E-state index contributed by atoms with van der Waals surface area (Å²) in [6.07, 6.45) is 7.25. The van der Waals surface area contributed by atoms with E-state index in [0.29, 0.717) is 6.54 Å². The number of hydrogen-bond donors (Lipinski definition) is 1. The lowest BCUT2D eigenvalue weighted by molar-refractivity contribution is 0.0458. The molecule has 5 nitrogen and oxygen atoms in total. The summed E-state index contributed by atoms with van der Waals surface area (Å²) in [6, 6.07) is 8.16. The van der Waals surface area contributed by atoms with Gasteiger partial charge in [-0.2, -0.15) is 0 Å². The average Bonchev–Trinajstić information content (AvgIpc) is 2.91. The summed E-state index contributed by atoms with van der Waals surface area (Å²) in [5.74, 6) is 0. The smallest absolute Gasteiger partial charge is 0.321 e. The molecule has 2 fully saturated rings. The van der Waals surface area contributed by atoms with Crippen molar-refractivity contribution in [2.45, 2.75) is 44.6 Å². The SMILES string of the molecule is COC1CCCN(C(=O)Nc2ccccc2N2CCCCCC2)C1. The molecule has 1 aromatic carbocycles. The standard InChI is InChI=1S/C19H29N3O2/c1-24-16-9-8-14-22(15-16)19(23)20-17-10-4-5-11-18(17)21-12-6-2-3-7-13-21/h4-5,10-11,16H,2-3,6-9,12-15H2,1H3,(H,20,23). The molecule has 2 aliphatic heterocycles. The van der Waals surface area contributed by atoms with Crippen LogP contribution < -0.4 is 10.2 Å². The number of methoxy groups -OCH3 is 1. The molecule has 2 aliphatic rings. The molecule has 132 valence electrons. The summed E-state index contributed by atoms with van der Waals surface area (Å²) < 4.78 is 5.42. The fourth-order valence-corrected chi connectivity index (χ4v) is 3.68. The molecule has 0 saturated carbocycles. The molecule has 24 heavy (non-hydrogen) atoms. The van der Waals surface area contributed by atoms with Crippen molar-refractivity contribution in [1.29, 1.82) is 0 Å². The minimum absolute atomic E-state index is 0.0148. The number of likely N-dealkylation sites (tertiary alicyclic amines) is 1. The Morgan fingerprint density at radius 1 is 1.08 bits per heavy atom. The Bertz CT molecular complexity index is 541. The topological polar surface area (TPSA) is 44.8 Å². The molecule has 2 saturated heterocycles. The molecule has 0 aliphatic carbocycles. The fourth-order valence-electron chi connectivity index (χ4n) is 3.68. The number of amides is 2. The van der Waals surface area contributed by atoms with Gasteiger partial charge in [-0.3, -0.25) is 0 Å². The first-order valence-corrected chi connectivity index (χ1v) is 9.20. The van der Waals surface area contributed by atoms with Crippen LogP contribution in [0.2, 0.25) is 0 Å². The molecular weight excluding hydrogens is 302 g/mol. The Labute approximate surface area is 145 Å². The number of nitrogens with zero attached hydrogens (tertiary/aromatic N) is 2. The second-order valence-electron chi connectivity index (χ2n) is 6.79. The van der Waals surface area contributed by atoms with Gasteiger partial charge in [-0.15, -0.1) is 0 Å². The van der Waals surface area contributed by atoms with Crippen molar-refractivity contribution in [3.63, 3.8) is 0 Å². The van der Waals surface area contributed by atoms with E-state index >= 15 is 0 Å².